The van der Waals surface area contributed by atoms with E-state index in [1.54, 1.807) is 30.3 Å². The number of hydrogen-bond donors (Lipinski definition) is 2. The lowest BCUT2D eigenvalue weighted by Gasteiger charge is -2.08. The fourth-order valence-corrected chi connectivity index (χ4v) is 3.50. The third kappa shape index (κ3) is 4.97. The number of pyridine rings is 1. The molecule has 0 radical (unpaired) electrons. The molecule has 0 saturated carbocycles. The number of benzene rings is 3. The average Bonchev–Trinajstić information content (AvgIpc) is 3.37. The molecule has 36 heavy (non-hydrogen) atoms. The highest BCUT2D eigenvalue weighted by Gasteiger charge is 2.22. The summed E-state index contributed by atoms with van der Waals surface area (Å²) in [5.41, 5.74) is 7.28. The van der Waals surface area contributed by atoms with Crippen LogP contribution in [0.3, 0.4) is 0 Å². The van der Waals surface area contributed by atoms with E-state index in [-0.39, 0.29) is 5.69 Å². The van der Waals surface area contributed by atoms with Crippen LogP contribution in [0.1, 0.15) is 20.8 Å². The number of rotatable bonds is 7. The molecule has 0 aliphatic rings. The van der Waals surface area contributed by atoms with Gasteiger partial charge in [0.15, 0.2) is 11.5 Å². The minimum atomic E-state index is -0.546. The molecule has 0 fully saturated rings. The van der Waals surface area contributed by atoms with Gasteiger partial charge in [-0.2, -0.15) is 0 Å². The van der Waals surface area contributed by atoms with Crippen molar-refractivity contribution in [3.05, 3.63) is 115 Å². The SMILES string of the molecule is NC(=O)c1cccc(Oc2ccc(NC(=O)c3nc(-c4ccccc4)oc3-c3ccccc3)nc2)c1. The summed E-state index contributed by atoms with van der Waals surface area (Å²) in [5.74, 6) is 0.864. The molecule has 3 N–H and O–H groups in total. The van der Waals surface area contributed by atoms with E-state index < -0.39 is 11.8 Å². The summed E-state index contributed by atoms with van der Waals surface area (Å²) in [6.45, 7) is 0. The smallest absolute Gasteiger partial charge is 0.279 e. The zero-order chi connectivity index (χ0) is 24.9. The molecule has 0 aliphatic heterocycles. The fourth-order valence-electron chi connectivity index (χ4n) is 3.50. The molecule has 176 valence electrons. The van der Waals surface area contributed by atoms with Gasteiger partial charge in [0.2, 0.25) is 11.8 Å². The molecular formula is C28H20N4O4. The Kier molecular flexibility index (Phi) is 6.23. The number of nitrogens with two attached hydrogens (primary N) is 1. The van der Waals surface area contributed by atoms with Gasteiger partial charge in [0, 0.05) is 16.7 Å². The first-order valence-electron chi connectivity index (χ1n) is 11.0. The normalized spacial score (nSPS) is 10.6. The maximum atomic E-state index is 13.2. The van der Waals surface area contributed by atoms with Gasteiger partial charge >= 0.3 is 0 Å². The Labute approximate surface area is 206 Å². The molecule has 2 aromatic heterocycles. The molecule has 5 aromatic rings. The first-order chi connectivity index (χ1) is 17.6. The third-order valence-electron chi connectivity index (χ3n) is 5.23. The maximum Gasteiger partial charge on any atom is 0.279 e. The summed E-state index contributed by atoms with van der Waals surface area (Å²) >= 11 is 0. The van der Waals surface area contributed by atoms with Crippen LogP contribution >= 0.6 is 0 Å². The van der Waals surface area contributed by atoms with E-state index in [1.807, 2.05) is 60.7 Å². The maximum absolute atomic E-state index is 13.2. The standard InChI is InChI=1S/C28H20N4O4/c29-26(33)20-12-7-13-21(16-20)35-22-14-15-23(30-17-22)31-27(34)24-25(18-8-3-1-4-9-18)36-28(32-24)19-10-5-2-6-11-19/h1-17H,(H2,29,33)(H,30,31,34). The number of oxazole rings is 1. The van der Waals surface area contributed by atoms with Crippen LogP contribution in [0.2, 0.25) is 0 Å². The quantitative estimate of drug-likeness (QED) is 0.318. The first kappa shape index (κ1) is 22.5. The number of nitrogens with one attached hydrogen (secondary N) is 1. The number of nitrogens with zero attached hydrogens (tertiary/aromatic N) is 2. The Hall–Kier alpha value is -5.24. The van der Waals surface area contributed by atoms with Crippen LogP contribution < -0.4 is 15.8 Å². The van der Waals surface area contributed by atoms with Crippen molar-refractivity contribution in [3.63, 3.8) is 0 Å². The molecule has 0 aliphatic carbocycles. The molecule has 2 heterocycles. The molecule has 0 saturated heterocycles. The molecular weight excluding hydrogens is 456 g/mol. The lowest BCUT2D eigenvalue weighted by molar-refractivity contribution is 0.0997. The predicted molar refractivity (Wildman–Crippen MR) is 135 cm³/mol. The third-order valence-corrected chi connectivity index (χ3v) is 5.23. The van der Waals surface area contributed by atoms with Crippen LogP contribution in [0.5, 0.6) is 11.5 Å². The van der Waals surface area contributed by atoms with Crippen molar-refractivity contribution in [1.29, 1.82) is 0 Å². The van der Waals surface area contributed by atoms with E-state index in [0.717, 1.165) is 11.1 Å². The van der Waals surface area contributed by atoms with E-state index in [0.29, 0.717) is 34.5 Å². The van der Waals surface area contributed by atoms with E-state index in [4.69, 9.17) is 14.9 Å². The van der Waals surface area contributed by atoms with Gasteiger partial charge in [-0.05, 0) is 42.5 Å². The van der Waals surface area contributed by atoms with Crippen molar-refractivity contribution in [2.45, 2.75) is 0 Å². The van der Waals surface area contributed by atoms with Gasteiger partial charge in [0.25, 0.3) is 5.91 Å². The van der Waals surface area contributed by atoms with E-state index in [2.05, 4.69) is 15.3 Å². The van der Waals surface area contributed by atoms with Gasteiger partial charge in [0.1, 0.15) is 17.3 Å². The number of amides is 2. The minimum Gasteiger partial charge on any atom is -0.456 e. The highest BCUT2D eigenvalue weighted by Crippen LogP contribution is 2.30. The van der Waals surface area contributed by atoms with Crippen molar-refractivity contribution in [2.24, 2.45) is 5.73 Å². The average molecular weight is 476 g/mol. The Morgan fingerprint density at radius 2 is 1.53 bits per heavy atom. The summed E-state index contributed by atoms with van der Waals surface area (Å²) in [7, 11) is 0. The van der Waals surface area contributed by atoms with Gasteiger partial charge < -0.3 is 20.2 Å². The van der Waals surface area contributed by atoms with Gasteiger partial charge in [-0.15, -0.1) is 0 Å². The van der Waals surface area contributed by atoms with Crippen molar-refractivity contribution >= 4 is 17.6 Å². The lowest BCUT2D eigenvalue weighted by Crippen LogP contribution is -2.14. The molecule has 3 aromatic carbocycles. The zero-order valence-electron chi connectivity index (χ0n) is 18.9. The number of ether oxygens (including phenoxy) is 1. The first-order valence-corrected chi connectivity index (χ1v) is 11.0. The fraction of sp³-hybridized carbons (Fsp3) is 0. The Morgan fingerprint density at radius 1 is 0.806 bits per heavy atom. The molecule has 8 nitrogen and oxygen atoms in total. The summed E-state index contributed by atoms with van der Waals surface area (Å²) < 4.78 is 11.7. The molecule has 2 amide bonds. The zero-order valence-corrected chi connectivity index (χ0v) is 18.9. The molecule has 0 atom stereocenters. The predicted octanol–water partition coefficient (Wildman–Crippen LogP) is 5.55. The van der Waals surface area contributed by atoms with Crippen LogP contribution in [0, 0.1) is 0 Å². The van der Waals surface area contributed by atoms with Gasteiger partial charge in [-0.25, -0.2) is 9.97 Å². The summed E-state index contributed by atoms with van der Waals surface area (Å²) in [6.07, 6.45) is 1.46. The second-order valence-corrected chi connectivity index (χ2v) is 7.76. The monoisotopic (exact) mass is 476 g/mol. The topological polar surface area (TPSA) is 120 Å². The van der Waals surface area contributed by atoms with Crippen LogP contribution in [-0.4, -0.2) is 21.8 Å². The second kappa shape index (κ2) is 9.94. The second-order valence-electron chi connectivity index (χ2n) is 7.76. The number of carbonyl (C=O) groups is 2. The van der Waals surface area contributed by atoms with E-state index in [9.17, 15) is 9.59 Å². The summed E-state index contributed by atoms with van der Waals surface area (Å²) in [5, 5.41) is 2.76. The van der Waals surface area contributed by atoms with Crippen LogP contribution in [0.25, 0.3) is 22.8 Å². The summed E-state index contributed by atoms with van der Waals surface area (Å²) in [6, 6.07) is 28.4. The summed E-state index contributed by atoms with van der Waals surface area (Å²) in [4.78, 5) is 33.3. The van der Waals surface area contributed by atoms with Crippen molar-refractivity contribution in [1.82, 2.24) is 9.97 Å². The lowest BCUT2D eigenvalue weighted by atomic mass is 10.1. The molecule has 8 heteroatoms. The Bertz CT molecular complexity index is 1510. The van der Waals surface area contributed by atoms with Crippen LogP contribution in [0.4, 0.5) is 5.82 Å². The number of anilines is 1. The Balaban J connectivity index is 1.37. The molecule has 0 unspecified atom stereocenters. The highest BCUT2D eigenvalue weighted by molar-refractivity contribution is 6.06. The number of aromatic nitrogens is 2. The number of carbonyl (C=O) groups excluding carboxylic acids is 2. The number of hydrogen-bond acceptors (Lipinski definition) is 6. The highest BCUT2D eigenvalue weighted by atomic mass is 16.5. The van der Waals surface area contributed by atoms with Crippen molar-refractivity contribution in [2.75, 3.05) is 5.32 Å². The minimum absolute atomic E-state index is 0.144. The largest absolute Gasteiger partial charge is 0.456 e. The molecule has 0 spiro atoms. The van der Waals surface area contributed by atoms with E-state index in [1.165, 1.54) is 12.3 Å². The van der Waals surface area contributed by atoms with Crippen LogP contribution in [-0.2, 0) is 0 Å². The van der Waals surface area contributed by atoms with Crippen molar-refractivity contribution < 1.29 is 18.7 Å². The molecule has 0 bridgehead atoms. The molecule has 5 rings (SSSR count). The van der Waals surface area contributed by atoms with Gasteiger partial charge in [-0.3, -0.25) is 9.59 Å². The van der Waals surface area contributed by atoms with Gasteiger partial charge in [0.05, 0.1) is 6.20 Å². The van der Waals surface area contributed by atoms with Gasteiger partial charge in [-0.1, -0.05) is 54.6 Å². The van der Waals surface area contributed by atoms with Crippen LogP contribution in [0.15, 0.2) is 108 Å². The van der Waals surface area contributed by atoms with E-state index >= 15 is 0 Å². The number of primary amides is 1. The van der Waals surface area contributed by atoms with Crippen molar-refractivity contribution in [3.8, 4) is 34.3 Å². The Morgan fingerprint density at radius 3 is 2.19 bits per heavy atom.